The van der Waals surface area contributed by atoms with Crippen molar-refractivity contribution in [2.75, 3.05) is 11.9 Å². The molecule has 2 rings (SSSR count). The minimum Gasteiger partial charge on any atom is -0.392 e. The number of hydrogen-bond acceptors (Lipinski definition) is 5. The van der Waals surface area contributed by atoms with Crippen molar-refractivity contribution in [2.45, 2.75) is 6.61 Å². The zero-order valence-electron chi connectivity index (χ0n) is 11.4. The van der Waals surface area contributed by atoms with Crippen LogP contribution in [-0.4, -0.2) is 17.1 Å². The maximum Gasteiger partial charge on any atom is 0.293 e. The van der Waals surface area contributed by atoms with Crippen molar-refractivity contribution < 1.29 is 10.0 Å². The summed E-state index contributed by atoms with van der Waals surface area (Å²) < 4.78 is 0. The lowest BCUT2D eigenvalue weighted by atomic mass is 10.1. The monoisotopic (exact) mass is 283 g/mol. The molecule has 6 nitrogen and oxygen atoms in total. The van der Waals surface area contributed by atoms with E-state index in [4.69, 9.17) is 10.4 Å². The molecular weight excluding hydrogens is 270 g/mol. The fraction of sp³-hybridized carbons (Fsp3) is 0.133. The van der Waals surface area contributed by atoms with Crippen molar-refractivity contribution in [1.82, 2.24) is 0 Å². The van der Waals surface area contributed by atoms with Crippen LogP contribution in [0, 0.1) is 21.4 Å². The molecule has 0 amide bonds. The van der Waals surface area contributed by atoms with E-state index in [2.05, 4.69) is 0 Å². The van der Waals surface area contributed by atoms with Gasteiger partial charge in [0.25, 0.3) is 5.69 Å². The van der Waals surface area contributed by atoms with Crippen LogP contribution in [0.4, 0.5) is 17.1 Å². The molecule has 0 unspecified atom stereocenters. The summed E-state index contributed by atoms with van der Waals surface area (Å²) >= 11 is 0. The summed E-state index contributed by atoms with van der Waals surface area (Å²) in [6.07, 6.45) is 0. The van der Waals surface area contributed by atoms with E-state index >= 15 is 0 Å². The summed E-state index contributed by atoms with van der Waals surface area (Å²) in [6.45, 7) is -0.255. The highest BCUT2D eigenvalue weighted by molar-refractivity contribution is 5.72. The van der Waals surface area contributed by atoms with E-state index < -0.39 is 4.92 Å². The summed E-state index contributed by atoms with van der Waals surface area (Å²) in [6, 6.07) is 13.4. The Kier molecular flexibility index (Phi) is 4.16. The van der Waals surface area contributed by atoms with Gasteiger partial charge in [-0.3, -0.25) is 10.1 Å². The Morgan fingerprint density at radius 2 is 2.10 bits per heavy atom. The fourth-order valence-corrected chi connectivity index (χ4v) is 2.02. The number of nitrogens with zero attached hydrogens (tertiary/aromatic N) is 3. The first-order valence-corrected chi connectivity index (χ1v) is 6.19. The SMILES string of the molecule is CN(c1cccc(C#N)c1)c1ccc(CO)cc1[N+](=O)[O-]. The van der Waals surface area contributed by atoms with Gasteiger partial charge >= 0.3 is 0 Å². The molecule has 0 fully saturated rings. The average molecular weight is 283 g/mol. The average Bonchev–Trinajstić information content (AvgIpc) is 2.53. The zero-order chi connectivity index (χ0) is 15.4. The largest absolute Gasteiger partial charge is 0.392 e. The molecule has 0 aliphatic rings. The molecule has 0 saturated carbocycles. The Bertz CT molecular complexity index is 722. The summed E-state index contributed by atoms with van der Waals surface area (Å²) in [5, 5.41) is 29.2. The van der Waals surface area contributed by atoms with Gasteiger partial charge in [-0.1, -0.05) is 12.1 Å². The van der Waals surface area contributed by atoms with Gasteiger partial charge in [-0.05, 0) is 29.8 Å². The summed E-state index contributed by atoms with van der Waals surface area (Å²) in [7, 11) is 1.69. The molecule has 21 heavy (non-hydrogen) atoms. The van der Waals surface area contributed by atoms with Gasteiger partial charge in [-0.2, -0.15) is 5.26 Å². The van der Waals surface area contributed by atoms with Crippen LogP contribution in [0.3, 0.4) is 0 Å². The van der Waals surface area contributed by atoms with Crippen LogP contribution < -0.4 is 4.90 Å². The number of benzene rings is 2. The number of aliphatic hydroxyl groups excluding tert-OH is 1. The molecule has 0 saturated heterocycles. The Balaban J connectivity index is 2.49. The summed E-state index contributed by atoms with van der Waals surface area (Å²) in [5.41, 5.74) is 1.94. The van der Waals surface area contributed by atoms with Crippen molar-refractivity contribution >= 4 is 17.1 Å². The molecule has 0 aromatic heterocycles. The number of nitriles is 1. The second kappa shape index (κ2) is 6.03. The second-order valence-corrected chi connectivity index (χ2v) is 4.46. The maximum absolute atomic E-state index is 11.2. The smallest absolute Gasteiger partial charge is 0.293 e. The van der Waals surface area contributed by atoms with E-state index in [1.165, 1.54) is 6.07 Å². The Morgan fingerprint density at radius 3 is 2.71 bits per heavy atom. The van der Waals surface area contributed by atoms with E-state index in [9.17, 15) is 10.1 Å². The van der Waals surface area contributed by atoms with Gasteiger partial charge < -0.3 is 10.0 Å². The van der Waals surface area contributed by atoms with Gasteiger partial charge in [0.1, 0.15) is 5.69 Å². The van der Waals surface area contributed by atoms with Gasteiger partial charge in [0, 0.05) is 18.8 Å². The lowest BCUT2D eigenvalue weighted by molar-refractivity contribution is -0.384. The maximum atomic E-state index is 11.2. The van der Waals surface area contributed by atoms with Crippen LogP contribution >= 0.6 is 0 Å². The third kappa shape index (κ3) is 2.99. The number of rotatable bonds is 4. The van der Waals surface area contributed by atoms with E-state index in [0.29, 0.717) is 22.5 Å². The number of nitro groups is 1. The molecule has 1 N–H and O–H groups in total. The molecule has 0 bridgehead atoms. The molecule has 0 spiro atoms. The molecule has 0 heterocycles. The van der Waals surface area contributed by atoms with Gasteiger partial charge in [-0.15, -0.1) is 0 Å². The lowest BCUT2D eigenvalue weighted by Gasteiger charge is -2.19. The number of anilines is 2. The normalized spacial score (nSPS) is 9.95. The van der Waals surface area contributed by atoms with E-state index in [1.807, 2.05) is 6.07 Å². The number of nitro benzene ring substituents is 1. The van der Waals surface area contributed by atoms with Crippen LogP contribution in [0.15, 0.2) is 42.5 Å². The fourth-order valence-electron chi connectivity index (χ4n) is 2.02. The van der Waals surface area contributed by atoms with Crippen molar-refractivity contribution in [3.8, 4) is 6.07 Å². The van der Waals surface area contributed by atoms with Crippen molar-refractivity contribution in [3.63, 3.8) is 0 Å². The summed E-state index contributed by atoms with van der Waals surface area (Å²) in [5.74, 6) is 0. The minimum absolute atomic E-state index is 0.0913. The van der Waals surface area contributed by atoms with Crippen LogP contribution in [0.5, 0.6) is 0 Å². The molecule has 6 heteroatoms. The molecule has 2 aromatic rings. The first-order chi connectivity index (χ1) is 10.1. The molecular formula is C15H13N3O3. The quantitative estimate of drug-likeness (QED) is 0.688. The molecule has 0 aliphatic heterocycles. The van der Waals surface area contributed by atoms with Crippen LogP contribution in [0.1, 0.15) is 11.1 Å². The Hall–Kier alpha value is -2.91. The molecule has 0 radical (unpaired) electrons. The van der Waals surface area contributed by atoms with Gasteiger partial charge in [-0.25, -0.2) is 0 Å². The van der Waals surface area contributed by atoms with Crippen LogP contribution in [0.25, 0.3) is 0 Å². The Labute approximate surface area is 121 Å². The van der Waals surface area contributed by atoms with Gasteiger partial charge in [0.05, 0.1) is 23.2 Å². The molecule has 0 aliphatic carbocycles. The highest BCUT2D eigenvalue weighted by Crippen LogP contribution is 2.33. The summed E-state index contributed by atoms with van der Waals surface area (Å²) in [4.78, 5) is 12.3. The standard InChI is InChI=1S/C15H13N3O3/c1-17(13-4-2-3-11(7-13)9-16)14-6-5-12(10-19)8-15(14)18(20)21/h2-8,19H,10H2,1H3. The van der Waals surface area contributed by atoms with Crippen LogP contribution in [0.2, 0.25) is 0 Å². The predicted molar refractivity (Wildman–Crippen MR) is 78.2 cm³/mol. The minimum atomic E-state index is -0.487. The number of hydrogen-bond donors (Lipinski definition) is 1. The Morgan fingerprint density at radius 1 is 1.33 bits per heavy atom. The van der Waals surface area contributed by atoms with Gasteiger partial charge in [0.2, 0.25) is 0 Å². The first kappa shape index (κ1) is 14.5. The molecule has 106 valence electrons. The zero-order valence-corrected chi connectivity index (χ0v) is 11.4. The van der Waals surface area contributed by atoms with Gasteiger partial charge in [0.15, 0.2) is 0 Å². The van der Waals surface area contributed by atoms with Crippen LogP contribution in [-0.2, 0) is 6.61 Å². The third-order valence-electron chi connectivity index (χ3n) is 3.14. The molecule has 0 atom stereocenters. The highest BCUT2D eigenvalue weighted by Gasteiger charge is 2.19. The van der Waals surface area contributed by atoms with Crippen molar-refractivity contribution in [3.05, 3.63) is 63.7 Å². The van der Waals surface area contributed by atoms with E-state index in [-0.39, 0.29) is 12.3 Å². The predicted octanol–water partition coefficient (Wildman–Crippen LogP) is 2.73. The van der Waals surface area contributed by atoms with E-state index in [0.717, 1.165) is 0 Å². The van der Waals surface area contributed by atoms with Crippen molar-refractivity contribution in [1.29, 1.82) is 5.26 Å². The highest BCUT2D eigenvalue weighted by atomic mass is 16.6. The lowest BCUT2D eigenvalue weighted by Crippen LogP contribution is -2.12. The second-order valence-electron chi connectivity index (χ2n) is 4.46. The third-order valence-corrected chi connectivity index (χ3v) is 3.14. The molecule has 2 aromatic carbocycles. The topological polar surface area (TPSA) is 90.4 Å². The number of aliphatic hydroxyl groups is 1. The van der Waals surface area contributed by atoms with Crippen molar-refractivity contribution in [2.24, 2.45) is 0 Å². The first-order valence-electron chi connectivity index (χ1n) is 6.19. The van der Waals surface area contributed by atoms with E-state index in [1.54, 1.807) is 48.3 Å².